The molecule has 0 bridgehead atoms. The van der Waals surface area contributed by atoms with Gasteiger partial charge >= 0.3 is 0 Å². The second-order valence-electron chi connectivity index (χ2n) is 5.85. The summed E-state index contributed by atoms with van der Waals surface area (Å²) in [5, 5.41) is 13.7. The predicted octanol–water partition coefficient (Wildman–Crippen LogP) is 2.98. The van der Waals surface area contributed by atoms with Crippen molar-refractivity contribution < 1.29 is 14.5 Å². The molecule has 1 amide bonds. The molecule has 132 valence electrons. The molecule has 0 aliphatic rings. The summed E-state index contributed by atoms with van der Waals surface area (Å²) in [6.45, 7) is 2.46. The summed E-state index contributed by atoms with van der Waals surface area (Å²) in [5.74, 6) is 0.471. The zero-order chi connectivity index (χ0) is 18.4. The van der Waals surface area contributed by atoms with Gasteiger partial charge in [0.15, 0.2) is 0 Å². The number of nitrogens with zero attached hydrogens (tertiary/aromatic N) is 2. The maximum Gasteiger partial charge on any atom is 0.293 e. The number of aryl methyl sites for hydroxylation is 1. The van der Waals surface area contributed by atoms with Crippen molar-refractivity contribution in [3.63, 3.8) is 0 Å². The number of likely N-dealkylation sites (N-methyl/N-ethyl adjacent to an activating group) is 1. The Balaban J connectivity index is 1.96. The van der Waals surface area contributed by atoms with Crippen LogP contribution in [0.5, 0.6) is 5.75 Å². The summed E-state index contributed by atoms with van der Waals surface area (Å²) in [5.41, 5.74) is 1.91. The number of anilines is 1. The number of carbonyl (C=O) groups excluding carboxylic acids is 1. The summed E-state index contributed by atoms with van der Waals surface area (Å²) in [6, 6.07) is 12.3. The van der Waals surface area contributed by atoms with Crippen molar-refractivity contribution in [1.29, 1.82) is 0 Å². The number of amides is 1. The van der Waals surface area contributed by atoms with E-state index in [-0.39, 0.29) is 23.8 Å². The second kappa shape index (κ2) is 8.25. The number of methoxy groups -OCH3 is 1. The van der Waals surface area contributed by atoms with Gasteiger partial charge in [0.1, 0.15) is 11.4 Å². The van der Waals surface area contributed by atoms with Crippen LogP contribution in [-0.2, 0) is 11.3 Å². The first-order valence-corrected chi connectivity index (χ1v) is 7.75. The van der Waals surface area contributed by atoms with Crippen LogP contribution < -0.4 is 10.1 Å². The van der Waals surface area contributed by atoms with Crippen molar-refractivity contribution in [3.05, 3.63) is 63.7 Å². The first kappa shape index (κ1) is 18.4. The molecule has 0 aliphatic heterocycles. The van der Waals surface area contributed by atoms with Crippen LogP contribution in [0.15, 0.2) is 42.5 Å². The molecular weight excluding hydrogens is 322 g/mol. The largest absolute Gasteiger partial charge is 0.497 e. The first-order valence-electron chi connectivity index (χ1n) is 7.75. The van der Waals surface area contributed by atoms with Crippen LogP contribution >= 0.6 is 0 Å². The Morgan fingerprint density at radius 3 is 2.52 bits per heavy atom. The molecule has 0 radical (unpaired) electrons. The fraction of sp³-hybridized carbons (Fsp3) is 0.278. The number of hydrogen-bond acceptors (Lipinski definition) is 5. The van der Waals surface area contributed by atoms with Crippen molar-refractivity contribution in [1.82, 2.24) is 4.90 Å². The summed E-state index contributed by atoms with van der Waals surface area (Å²) in [6.07, 6.45) is 0. The van der Waals surface area contributed by atoms with Crippen LogP contribution in [0, 0.1) is 17.0 Å². The summed E-state index contributed by atoms with van der Waals surface area (Å²) >= 11 is 0. The molecule has 2 rings (SSSR count). The minimum absolute atomic E-state index is 0.105. The lowest BCUT2D eigenvalue weighted by Crippen LogP contribution is -2.30. The third-order valence-corrected chi connectivity index (χ3v) is 3.65. The number of nitrogens with one attached hydrogen (secondary N) is 1. The van der Waals surface area contributed by atoms with E-state index in [1.807, 2.05) is 36.2 Å². The van der Waals surface area contributed by atoms with Crippen LogP contribution in [0.4, 0.5) is 11.4 Å². The lowest BCUT2D eigenvalue weighted by molar-refractivity contribution is -0.384. The average molecular weight is 343 g/mol. The molecule has 7 heteroatoms. The minimum atomic E-state index is -0.496. The third-order valence-electron chi connectivity index (χ3n) is 3.65. The second-order valence-corrected chi connectivity index (χ2v) is 5.85. The van der Waals surface area contributed by atoms with E-state index in [2.05, 4.69) is 5.32 Å². The van der Waals surface area contributed by atoms with E-state index >= 15 is 0 Å². The molecule has 0 unspecified atom stereocenters. The predicted molar refractivity (Wildman–Crippen MR) is 95.8 cm³/mol. The van der Waals surface area contributed by atoms with Crippen molar-refractivity contribution >= 4 is 17.3 Å². The van der Waals surface area contributed by atoms with E-state index in [1.54, 1.807) is 26.2 Å². The Kier molecular flexibility index (Phi) is 6.08. The van der Waals surface area contributed by atoms with E-state index in [0.29, 0.717) is 6.54 Å². The van der Waals surface area contributed by atoms with Crippen molar-refractivity contribution in [2.24, 2.45) is 0 Å². The number of nitro benzene ring substituents is 1. The van der Waals surface area contributed by atoms with E-state index in [1.165, 1.54) is 6.07 Å². The lowest BCUT2D eigenvalue weighted by atomic mass is 10.2. The van der Waals surface area contributed by atoms with Crippen LogP contribution in [0.25, 0.3) is 0 Å². The number of rotatable bonds is 7. The fourth-order valence-electron chi connectivity index (χ4n) is 2.43. The molecule has 0 heterocycles. The standard InChI is InChI=1S/C18H21N3O4/c1-13-4-9-16(17(10-13)21(23)24)19-18(22)12-20(2)11-14-5-7-15(25-3)8-6-14/h4-10H,11-12H2,1-3H3,(H,19,22). The van der Waals surface area contributed by atoms with Gasteiger partial charge in [0.2, 0.25) is 5.91 Å². The molecule has 0 fully saturated rings. The molecule has 0 aliphatic carbocycles. The highest BCUT2D eigenvalue weighted by Crippen LogP contribution is 2.25. The number of benzene rings is 2. The van der Waals surface area contributed by atoms with E-state index in [4.69, 9.17) is 4.74 Å². The van der Waals surface area contributed by atoms with Crippen LogP contribution in [0.2, 0.25) is 0 Å². The van der Waals surface area contributed by atoms with Crippen molar-refractivity contribution in [2.45, 2.75) is 13.5 Å². The van der Waals surface area contributed by atoms with Gasteiger partial charge in [-0.3, -0.25) is 19.8 Å². The van der Waals surface area contributed by atoms with Crippen molar-refractivity contribution in [3.8, 4) is 5.75 Å². The highest BCUT2D eigenvalue weighted by Gasteiger charge is 2.16. The van der Waals surface area contributed by atoms with Gasteiger partial charge in [-0.05, 0) is 43.3 Å². The maximum absolute atomic E-state index is 12.2. The Labute approximate surface area is 146 Å². The molecule has 0 saturated heterocycles. The van der Waals surface area contributed by atoms with Gasteiger partial charge in [0.05, 0.1) is 18.6 Å². The van der Waals surface area contributed by atoms with Gasteiger partial charge in [-0.25, -0.2) is 0 Å². The van der Waals surface area contributed by atoms with Gasteiger partial charge in [0.25, 0.3) is 5.69 Å². The van der Waals surface area contributed by atoms with Gasteiger partial charge in [0, 0.05) is 12.6 Å². The van der Waals surface area contributed by atoms with E-state index in [0.717, 1.165) is 16.9 Å². The minimum Gasteiger partial charge on any atom is -0.497 e. The molecule has 2 aromatic rings. The smallest absolute Gasteiger partial charge is 0.293 e. The van der Waals surface area contributed by atoms with Crippen LogP contribution in [-0.4, -0.2) is 36.4 Å². The van der Waals surface area contributed by atoms with E-state index < -0.39 is 4.92 Å². The molecule has 0 spiro atoms. The summed E-state index contributed by atoms with van der Waals surface area (Å²) in [4.78, 5) is 24.6. The monoisotopic (exact) mass is 343 g/mol. The summed E-state index contributed by atoms with van der Waals surface area (Å²) in [7, 11) is 3.42. The normalized spacial score (nSPS) is 10.6. The number of nitro groups is 1. The Morgan fingerprint density at radius 2 is 1.92 bits per heavy atom. The molecule has 1 N–H and O–H groups in total. The lowest BCUT2D eigenvalue weighted by Gasteiger charge is -2.16. The third kappa shape index (κ3) is 5.29. The topological polar surface area (TPSA) is 84.7 Å². The molecule has 25 heavy (non-hydrogen) atoms. The fourth-order valence-corrected chi connectivity index (χ4v) is 2.43. The first-order chi connectivity index (χ1) is 11.9. The Morgan fingerprint density at radius 1 is 1.24 bits per heavy atom. The number of hydrogen-bond donors (Lipinski definition) is 1. The zero-order valence-electron chi connectivity index (χ0n) is 14.5. The van der Waals surface area contributed by atoms with Gasteiger partial charge in [-0.15, -0.1) is 0 Å². The van der Waals surface area contributed by atoms with Gasteiger partial charge in [-0.1, -0.05) is 18.2 Å². The number of ether oxygens (including phenoxy) is 1. The van der Waals surface area contributed by atoms with Gasteiger partial charge < -0.3 is 10.1 Å². The maximum atomic E-state index is 12.2. The quantitative estimate of drug-likeness (QED) is 0.617. The highest BCUT2D eigenvalue weighted by molar-refractivity contribution is 5.94. The Bertz CT molecular complexity index is 759. The molecule has 0 aromatic heterocycles. The number of carbonyl (C=O) groups is 1. The Hall–Kier alpha value is -2.93. The van der Waals surface area contributed by atoms with Crippen LogP contribution in [0.3, 0.4) is 0 Å². The SMILES string of the molecule is COc1ccc(CN(C)CC(=O)Nc2ccc(C)cc2[N+](=O)[O-])cc1. The highest BCUT2D eigenvalue weighted by atomic mass is 16.6. The molecule has 0 saturated carbocycles. The molecule has 7 nitrogen and oxygen atoms in total. The average Bonchev–Trinajstić information content (AvgIpc) is 2.56. The van der Waals surface area contributed by atoms with Gasteiger partial charge in [-0.2, -0.15) is 0 Å². The zero-order valence-corrected chi connectivity index (χ0v) is 14.5. The van der Waals surface area contributed by atoms with Crippen LogP contribution in [0.1, 0.15) is 11.1 Å². The molecule has 0 atom stereocenters. The molecule has 2 aromatic carbocycles. The van der Waals surface area contributed by atoms with E-state index in [9.17, 15) is 14.9 Å². The summed E-state index contributed by atoms with van der Waals surface area (Å²) < 4.78 is 5.11. The van der Waals surface area contributed by atoms with Crippen molar-refractivity contribution in [2.75, 3.05) is 26.0 Å². The molecular formula is C18H21N3O4.